The zero-order valence-corrected chi connectivity index (χ0v) is 21.8. The van der Waals surface area contributed by atoms with E-state index in [1.54, 1.807) is 6.07 Å². The molecule has 3 aromatic rings. The van der Waals surface area contributed by atoms with Crippen LogP contribution in [-0.2, 0) is 19.4 Å². The fourth-order valence-electron chi connectivity index (χ4n) is 5.66. The van der Waals surface area contributed by atoms with E-state index in [1.807, 2.05) is 18.2 Å². The van der Waals surface area contributed by atoms with Crippen molar-refractivity contribution >= 4 is 5.69 Å². The molecule has 3 aromatic carbocycles. The Hall–Kier alpha value is -3.22. The average molecular weight is 502 g/mol. The second-order valence-corrected chi connectivity index (χ2v) is 10.2. The number of hydrogen-bond acceptors (Lipinski definition) is 6. The van der Waals surface area contributed by atoms with Gasteiger partial charge < -0.3 is 25.2 Å². The summed E-state index contributed by atoms with van der Waals surface area (Å²) in [5, 5.41) is 23.6. The predicted octanol–water partition coefficient (Wildman–Crippen LogP) is 4.68. The molecular formula is C31H39N3O3. The maximum atomic E-state index is 10.4. The summed E-state index contributed by atoms with van der Waals surface area (Å²) < 4.78 is 6.01. The molecule has 1 fully saturated rings. The lowest BCUT2D eigenvalue weighted by atomic mass is 9.79. The monoisotopic (exact) mass is 501 g/mol. The first-order valence-electron chi connectivity index (χ1n) is 13.6. The molecule has 0 bridgehead atoms. The Morgan fingerprint density at radius 1 is 0.946 bits per heavy atom. The smallest absolute Gasteiger partial charge is 0.119 e. The number of rotatable bonds is 9. The van der Waals surface area contributed by atoms with Crippen molar-refractivity contribution in [3.8, 4) is 17.2 Å². The normalized spacial score (nSPS) is 17.8. The summed E-state index contributed by atoms with van der Waals surface area (Å²) in [6.45, 7) is 9.73. The van der Waals surface area contributed by atoms with Gasteiger partial charge in [-0.3, -0.25) is 4.90 Å². The zero-order valence-electron chi connectivity index (χ0n) is 21.8. The Bertz CT molecular complexity index is 1170. The Balaban J connectivity index is 1.25. The van der Waals surface area contributed by atoms with Crippen molar-refractivity contribution in [1.29, 1.82) is 0 Å². The molecule has 2 aliphatic rings. The van der Waals surface area contributed by atoms with Gasteiger partial charge in [-0.25, -0.2) is 0 Å². The zero-order chi connectivity index (χ0) is 25.6. The van der Waals surface area contributed by atoms with Gasteiger partial charge in [-0.2, -0.15) is 0 Å². The summed E-state index contributed by atoms with van der Waals surface area (Å²) in [5.41, 5.74) is 6.16. The lowest BCUT2D eigenvalue weighted by Gasteiger charge is -2.31. The summed E-state index contributed by atoms with van der Waals surface area (Å²) in [6, 6.07) is 20.0. The molecule has 0 amide bonds. The molecule has 1 aliphatic carbocycles. The van der Waals surface area contributed by atoms with E-state index < -0.39 is 0 Å². The predicted molar refractivity (Wildman–Crippen MR) is 149 cm³/mol. The topological polar surface area (TPSA) is 68.2 Å². The van der Waals surface area contributed by atoms with E-state index in [0.29, 0.717) is 24.0 Å². The average Bonchev–Trinajstić information content (AvgIpc) is 2.93. The van der Waals surface area contributed by atoms with Crippen molar-refractivity contribution in [1.82, 2.24) is 10.2 Å². The number of benzene rings is 3. The SMILES string of the molecule is CCN(Cc1ccc(OCCN2CCNCC2)cc1)c1cc(O)ccc1C1CCc2cc(O)ccc2C1. The van der Waals surface area contributed by atoms with E-state index in [0.717, 1.165) is 76.5 Å². The number of phenolic OH excluding ortho intramolecular Hbond substituents is 2. The number of anilines is 1. The second kappa shape index (κ2) is 11.9. The molecule has 0 aromatic heterocycles. The van der Waals surface area contributed by atoms with Crippen LogP contribution >= 0.6 is 0 Å². The van der Waals surface area contributed by atoms with Gasteiger partial charge in [0, 0.05) is 57.6 Å². The third kappa shape index (κ3) is 6.38. The van der Waals surface area contributed by atoms with Crippen LogP contribution in [-0.4, -0.2) is 61.0 Å². The highest BCUT2D eigenvalue weighted by Crippen LogP contribution is 2.40. The van der Waals surface area contributed by atoms with Crippen molar-refractivity contribution in [2.24, 2.45) is 0 Å². The van der Waals surface area contributed by atoms with Gasteiger partial charge in [0.2, 0.25) is 0 Å². The minimum Gasteiger partial charge on any atom is -0.508 e. The highest BCUT2D eigenvalue weighted by Gasteiger charge is 2.24. The standard InChI is InChI=1S/C31H39N3O3/c1-2-34(22-23-3-10-29(11-4-23)37-18-17-33-15-13-32-14-16-33)31-21-28(36)9-12-30(31)26-6-5-25-20-27(35)8-7-24(25)19-26/h3-4,7-12,20-21,26,32,35-36H,2,5-6,13-19,22H2,1H3. The van der Waals surface area contributed by atoms with Crippen LogP contribution in [0, 0.1) is 0 Å². The van der Waals surface area contributed by atoms with Gasteiger partial charge in [0.15, 0.2) is 0 Å². The third-order valence-corrected chi connectivity index (χ3v) is 7.78. The Morgan fingerprint density at radius 3 is 2.49 bits per heavy atom. The summed E-state index contributed by atoms with van der Waals surface area (Å²) >= 11 is 0. The van der Waals surface area contributed by atoms with E-state index in [2.05, 4.69) is 58.4 Å². The van der Waals surface area contributed by atoms with E-state index in [9.17, 15) is 10.2 Å². The molecule has 0 spiro atoms. The van der Waals surface area contributed by atoms with Crippen LogP contribution in [0.1, 0.15) is 41.5 Å². The molecule has 1 atom stereocenters. The van der Waals surface area contributed by atoms with Crippen LogP contribution < -0.4 is 15.0 Å². The van der Waals surface area contributed by atoms with Crippen molar-refractivity contribution in [2.45, 2.75) is 38.6 Å². The van der Waals surface area contributed by atoms with Crippen LogP contribution in [0.3, 0.4) is 0 Å². The third-order valence-electron chi connectivity index (χ3n) is 7.78. The number of aryl methyl sites for hydroxylation is 1. The molecule has 37 heavy (non-hydrogen) atoms. The molecule has 3 N–H and O–H groups in total. The fraction of sp³-hybridized carbons (Fsp3) is 0.419. The highest BCUT2D eigenvalue weighted by molar-refractivity contribution is 5.59. The van der Waals surface area contributed by atoms with Gasteiger partial charge in [0.25, 0.3) is 0 Å². The second-order valence-electron chi connectivity index (χ2n) is 10.2. The lowest BCUT2D eigenvalue weighted by Crippen LogP contribution is -2.44. The first kappa shape index (κ1) is 25.4. The number of aromatic hydroxyl groups is 2. The molecule has 6 heteroatoms. The number of nitrogens with zero attached hydrogens (tertiary/aromatic N) is 2. The summed E-state index contributed by atoms with van der Waals surface area (Å²) in [4.78, 5) is 4.79. The largest absolute Gasteiger partial charge is 0.508 e. The van der Waals surface area contributed by atoms with E-state index >= 15 is 0 Å². The Morgan fingerprint density at radius 2 is 1.70 bits per heavy atom. The van der Waals surface area contributed by atoms with Crippen LogP contribution in [0.5, 0.6) is 17.2 Å². The van der Waals surface area contributed by atoms with Gasteiger partial charge >= 0.3 is 0 Å². The van der Waals surface area contributed by atoms with E-state index in [4.69, 9.17) is 4.74 Å². The van der Waals surface area contributed by atoms with Crippen molar-refractivity contribution in [3.63, 3.8) is 0 Å². The maximum Gasteiger partial charge on any atom is 0.119 e. The first-order chi connectivity index (χ1) is 18.1. The molecule has 0 saturated carbocycles. The summed E-state index contributed by atoms with van der Waals surface area (Å²) in [5.74, 6) is 1.93. The number of hydrogen-bond donors (Lipinski definition) is 3. The van der Waals surface area contributed by atoms with Crippen LogP contribution in [0.15, 0.2) is 60.7 Å². The molecule has 5 rings (SSSR count). The number of fused-ring (bicyclic) bond motifs is 1. The molecule has 1 aliphatic heterocycles. The number of ether oxygens (including phenoxy) is 1. The molecule has 196 valence electrons. The van der Waals surface area contributed by atoms with E-state index in [-0.39, 0.29) is 0 Å². The van der Waals surface area contributed by atoms with Crippen molar-refractivity contribution in [2.75, 3.05) is 50.8 Å². The van der Waals surface area contributed by atoms with Gasteiger partial charge in [-0.05, 0) is 84.7 Å². The molecule has 6 nitrogen and oxygen atoms in total. The summed E-state index contributed by atoms with van der Waals surface area (Å²) in [6.07, 6.45) is 2.94. The number of piperazine rings is 1. The van der Waals surface area contributed by atoms with Gasteiger partial charge in [0.05, 0.1) is 0 Å². The van der Waals surface area contributed by atoms with Gasteiger partial charge in [-0.15, -0.1) is 0 Å². The highest BCUT2D eigenvalue weighted by atomic mass is 16.5. The van der Waals surface area contributed by atoms with Crippen molar-refractivity contribution in [3.05, 3.63) is 82.9 Å². The summed E-state index contributed by atoms with van der Waals surface area (Å²) in [7, 11) is 0. The minimum atomic E-state index is 0.298. The van der Waals surface area contributed by atoms with Gasteiger partial charge in [-0.1, -0.05) is 24.3 Å². The van der Waals surface area contributed by atoms with Gasteiger partial charge in [0.1, 0.15) is 23.9 Å². The van der Waals surface area contributed by atoms with E-state index in [1.165, 1.54) is 22.3 Å². The number of nitrogens with one attached hydrogen (secondary N) is 1. The molecular weight excluding hydrogens is 462 g/mol. The quantitative estimate of drug-likeness (QED) is 0.396. The maximum absolute atomic E-state index is 10.4. The minimum absolute atomic E-state index is 0.298. The molecule has 0 radical (unpaired) electrons. The Kier molecular flexibility index (Phi) is 8.17. The molecule has 1 saturated heterocycles. The Labute approximate surface area is 220 Å². The van der Waals surface area contributed by atoms with Crippen LogP contribution in [0.4, 0.5) is 5.69 Å². The lowest BCUT2D eigenvalue weighted by molar-refractivity contribution is 0.191. The fourth-order valence-corrected chi connectivity index (χ4v) is 5.66. The van der Waals surface area contributed by atoms with Crippen LogP contribution in [0.2, 0.25) is 0 Å². The first-order valence-corrected chi connectivity index (χ1v) is 13.6. The molecule has 1 unspecified atom stereocenters. The van der Waals surface area contributed by atoms with Crippen molar-refractivity contribution < 1.29 is 14.9 Å². The molecule has 1 heterocycles. The van der Waals surface area contributed by atoms with Crippen LogP contribution in [0.25, 0.3) is 0 Å². The number of phenols is 2.